The molecular formula is C13H21NO4S. The van der Waals surface area contributed by atoms with Crippen LogP contribution in [0.2, 0.25) is 0 Å². The predicted octanol–water partition coefficient (Wildman–Crippen LogP) is 1.71. The van der Waals surface area contributed by atoms with Crippen molar-refractivity contribution >= 4 is 10.0 Å². The molecule has 5 nitrogen and oxygen atoms in total. The molecule has 6 heteroatoms. The van der Waals surface area contributed by atoms with Crippen LogP contribution in [0.4, 0.5) is 0 Å². The van der Waals surface area contributed by atoms with Crippen molar-refractivity contribution in [1.29, 1.82) is 0 Å². The van der Waals surface area contributed by atoms with Gasteiger partial charge in [0.1, 0.15) is 5.75 Å². The van der Waals surface area contributed by atoms with E-state index in [1.54, 1.807) is 39.3 Å². The highest BCUT2D eigenvalue weighted by molar-refractivity contribution is 7.89. The maximum Gasteiger partial charge on any atom is 0.240 e. The van der Waals surface area contributed by atoms with Gasteiger partial charge in [0.2, 0.25) is 10.0 Å². The van der Waals surface area contributed by atoms with Crippen molar-refractivity contribution in [3.05, 3.63) is 23.8 Å². The second-order valence-electron chi connectivity index (χ2n) is 4.23. The van der Waals surface area contributed by atoms with Crippen LogP contribution in [0, 0.1) is 6.92 Å². The molecule has 0 amide bonds. The lowest BCUT2D eigenvalue weighted by Crippen LogP contribution is -2.25. The molecule has 0 unspecified atom stereocenters. The van der Waals surface area contributed by atoms with E-state index in [0.717, 1.165) is 12.8 Å². The molecule has 0 aliphatic rings. The summed E-state index contributed by atoms with van der Waals surface area (Å²) in [5, 5.41) is 0. The average Bonchev–Trinajstić information content (AvgIpc) is 2.37. The van der Waals surface area contributed by atoms with Crippen LogP contribution in [0.25, 0.3) is 0 Å². The summed E-state index contributed by atoms with van der Waals surface area (Å²) in [6.07, 6.45) is 1.59. The van der Waals surface area contributed by atoms with Gasteiger partial charge in [0.05, 0.1) is 12.0 Å². The van der Waals surface area contributed by atoms with Gasteiger partial charge in [-0.05, 0) is 43.5 Å². The standard InChI is InChI=1S/C13H21NO4S/c1-11-10-12(18-3)6-7-13(11)19(15,16)14-8-4-5-9-17-2/h6-7,10,14H,4-5,8-9H2,1-3H3. The van der Waals surface area contributed by atoms with Gasteiger partial charge in [-0.25, -0.2) is 13.1 Å². The molecule has 0 aliphatic carbocycles. The number of hydrogen-bond donors (Lipinski definition) is 1. The first kappa shape index (κ1) is 15.9. The van der Waals surface area contributed by atoms with Crippen LogP contribution < -0.4 is 9.46 Å². The number of sulfonamides is 1. The van der Waals surface area contributed by atoms with Crippen molar-refractivity contribution in [3.8, 4) is 5.75 Å². The predicted molar refractivity (Wildman–Crippen MR) is 74.0 cm³/mol. The Labute approximate surface area is 115 Å². The quantitative estimate of drug-likeness (QED) is 0.739. The Morgan fingerprint density at radius 1 is 1.21 bits per heavy atom. The van der Waals surface area contributed by atoms with Crippen LogP contribution in [0.15, 0.2) is 23.1 Å². The Bertz CT molecular complexity index is 499. The molecule has 0 saturated carbocycles. The number of benzene rings is 1. The molecule has 0 atom stereocenters. The maximum absolute atomic E-state index is 12.1. The number of nitrogens with one attached hydrogen (secondary N) is 1. The summed E-state index contributed by atoms with van der Waals surface area (Å²) in [6.45, 7) is 2.81. The summed E-state index contributed by atoms with van der Waals surface area (Å²) in [5.41, 5.74) is 0.670. The highest BCUT2D eigenvalue weighted by Gasteiger charge is 2.16. The monoisotopic (exact) mass is 287 g/mol. The van der Waals surface area contributed by atoms with Crippen molar-refractivity contribution < 1.29 is 17.9 Å². The number of hydrogen-bond acceptors (Lipinski definition) is 4. The number of unbranched alkanes of at least 4 members (excludes halogenated alkanes) is 1. The Balaban J connectivity index is 2.67. The normalized spacial score (nSPS) is 11.5. The summed E-state index contributed by atoms with van der Waals surface area (Å²) in [4.78, 5) is 0.292. The van der Waals surface area contributed by atoms with Gasteiger partial charge in [0.25, 0.3) is 0 Å². The summed E-state index contributed by atoms with van der Waals surface area (Å²) in [6, 6.07) is 4.91. The highest BCUT2D eigenvalue weighted by Crippen LogP contribution is 2.20. The molecule has 1 rings (SSSR count). The fourth-order valence-corrected chi connectivity index (χ4v) is 3.00. The van der Waals surface area contributed by atoms with Gasteiger partial charge in [-0.15, -0.1) is 0 Å². The van der Waals surface area contributed by atoms with Crippen molar-refractivity contribution in [2.45, 2.75) is 24.7 Å². The van der Waals surface area contributed by atoms with Crippen LogP contribution >= 0.6 is 0 Å². The highest BCUT2D eigenvalue weighted by atomic mass is 32.2. The van der Waals surface area contributed by atoms with E-state index in [9.17, 15) is 8.42 Å². The third-order valence-electron chi connectivity index (χ3n) is 2.74. The molecule has 0 heterocycles. The van der Waals surface area contributed by atoms with Gasteiger partial charge in [-0.1, -0.05) is 0 Å². The topological polar surface area (TPSA) is 64.6 Å². The van der Waals surface area contributed by atoms with E-state index >= 15 is 0 Å². The van der Waals surface area contributed by atoms with Crippen molar-refractivity contribution in [2.75, 3.05) is 27.4 Å². The average molecular weight is 287 g/mol. The van der Waals surface area contributed by atoms with E-state index in [1.807, 2.05) is 0 Å². The van der Waals surface area contributed by atoms with Crippen LogP contribution in [-0.2, 0) is 14.8 Å². The minimum absolute atomic E-state index is 0.292. The molecular weight excluding hydrogens is 266 g/mol. The van der Waals surface area contributed by atoms with Crippen LogP contribution in [-0.4, -0.2) is 35.8 Å². The fourth-order valence-electron chi connectivity index (χ4n) is 1.71. The Kier molecular flexibility index (Phi) is 6.27. The Morgan fingerprint density at radius 3 is 2.53 bits per heavy atom. The summed E-state index contributed by atoms with van der Waals surface area (Å²) in [5.74, 6) is 0.650. The lowest BCUT2D eigenvalue weighted by Gasteiger charge is -2.10. The number of aryl methyl sites for hydroxylation is 1. The number of rotatable bonds is 8. The molecule has 19 heavy (non-hydrogen) atoms. The van der Waals surface area contributed by atoms with Crippen LogP contribution in [0.5, 0.6) is 5.75 Å². The maximum atomic E-state index is 12.1. The Hall–Kier alpha value is -1.11. The van der Waals surface area contributed by atoms with Crippen molar-refractivity contribution in [3.63, 3.8) is 0 Å². The first-order valence-corrected chi connectivity index (χ1v) is 7.63. The van der Waals surface area contributed by atoms with Gasteiger partial charge in [-0.2, -0.15) is 0 Å². The molecule has 1 aromatic rings. The zero-order valence-corrected chi connectivity index (χ0v) is 12.4. The largest absolute Gasteiger partial charge is 0.497 e. The molecule has 0 radical (unpaired) electrons. The zero-order valence-electron chi connectivity index (χ0n) is 11.6. The first-order valence-electron chi connectivity index (χ1n) is 6.14. The minimum Gasteiger partial charge on any atom is -0.497 e. The summed E-state index contributed by atoms with van der Waals surface area (Å²) >= 11 is 0. The first-order chi connectivity index (χ1) is 9.01. The molecule has 108 valence electrons. The third kappa shape index (κ3) is 4.81. The lowest BCUT2D eigenvalue weighted by molar-refractivity contribution is 0.193. The SMILES string of the molecule is COCCCCNS(=O)(=O)c1ccc(OC)cc1C. The molecule has 1 aromatic carbocycles. The second kappa shape index (κ2) is 7.47. The minimum atomic E-state index is -3.45. The molecule has 0 fully saturated rings. The Morgan fingerprint density at radius 2 is 1.95 bits per heavy atom. The lowest BCUT2D eigenvalue weighted by atomic mass is 10.2. The van der Waals surface area contributed by atoms with E-state index < -0.39 is 10.0 Å². The van der Waals surface area contributed by atoms with Gasteiger partial charge >= 0.3 is 0 Å². The zero-order chi connectivity index (χ0) is 14.3. The van der Waals surface area contributed by atoms with Gasteiger partial charge in [0, 0.05) is 20.3 Å². The summed E-state index contributed by atoms with van der Waals surface area (Å²) < 4.78 is 36.8. The molecule has 0 aromatic heterocycles. The number of methoxy groups -OCH3 is 2. The van der Waals surface area contributed by atoms with Crippen molar-refractivity contribution in [1.82, 2.24) is 4.72 Å². The number of ether oxygens (including phenoxy) is 2. The van der Waals surface area contributed by atoms with Crippen LogP contribution in [0.3, 0.4) is 0 Å². The van der Waals surface area contributed by atoms with E-state index in [0.29, 0.717) is 29.4 Å². The molecule has 0 saturated heterocycles. The molecule has 0 spiro atoms. The molecule has 0 bridgehead atoms. The van der Waals surface area contributed by atoms with Crippen molar-refractivity contribution in [2.24, 2.45) is 0 Å². The van der Waals surface area contributed by atoms with E-state index in [4.69, 9.17) is 9.47 Å². The van der Waals surface area contributed by atoms with E-state index in [-0.39, 0.29) is 0 Å². The smallest absolute Gasteiger partial charge is 0.240 e. The summed E-state index contributed by atoms with van der Waals surface area (Å²) in [7, 11) is -0.267. The van der Waals surface area contributed by atoms with Gasteiger partial charge in [0.15, 0.2) is 0 Å². The van der Waals surface area contributed by atoms with E-state index in [2.05, 4.69) is 4.72 Å². The van der Waals surface area contributed by atoms with Gasteiger partial charge < -0.3 is 9.47 Å². The van der Waals surface area contributed by atoms with E-state index in [1.165, 1.54) is 0 Å². The second-order valence-corrected chi connectivity index (χ2v) is 5.96. The fraction of sp³-hybridized carbons (Fsp3) is 0.538. The third-order valence-corrected chi connectivity index (χ3v) is 4.36. The molecule has 0 aliphatic heterocycles. The van der Waals surface area contributed by atoms with Gasteiger partial charge in [-0.3, -0.25) is 0 Å². The van der Waals surface area contributed by atoms with Crippen LogP contribution in [0.1, 0.15) is 18.4 Å². The molecule has 1 N–H and O–H groups in total.